The van der Waals surface area contributed by atoms with E-state index in [9.17, 15) is 0 Å². The summed E-state index contributed by atoms with van der Waals surface area (Å²) in [6, 6.07) is 7.75. The average molecular weight is 271 g/mol. The molecular formula is C14H17N5O. The number of para-hydroxylation sites is 1. The van der Waals surface area contributed by atoms with Gasteiger partial charge in [-0.1, -0.05) is 6.07 Å². The van der Waals surface area contributed by atoms with Crippen LogP contribution in [-0.2, 0) is 6.54 Å². The molecule has 0 fully saturated rings. The molecule has 104 valence electrons. The molecular weight excluding hydrogens is 254 g/mol. The Hall–Kier alpha value is -2.55. The predicted molar refractivity (Wildman–Crippen MR) is 75.4 cm³/mol. The summed E-state index contributed by atoms with van der Waals surface area (Å²) in [6.45, 7) is 4.57. The SMILES string of the molecule is COc1cccc(C#N)c1NCc1ncnn1C(C)C. The maximum Gasteiger partial charge on any atom is 0.146 e. The smallest absolute Gasteiger partial charge is 0.146 e. The highest BCUT2D eigenvalue weighted by Crippen LogP contribution is 2.28. The van der Waals surface area contributed by atoms with Crippen molar-refractivity contribution in [1.29, 1.82) is 5.26 Å². The fourth-order valence-electron chi connectivity index (χ4n) is 1.98. The van der Waals surface area contributed by atoms with Crippen LogP contribution in [0.4, 0.5) is 5.69 Å². The molecule has 0 radical (unpaired) electrons. The summed E-state index contributed by atoms with van der Waals surface area (Å²) < 4.78 is 7.12. The summed E-state index contributed by atoms with van der Waals surface area (Å²) in [7, 11) is 1.58. The molecule has 1 aromatic carbocycles. The van der Waals surface area contributed by atoms with Gasteiger partial charge in [0.2, 0.25) is 0 Å². The Balaban J connectivity index is 2.23. The zero-order valence-electron chi connectivity index (χ0n) is 11.8. The van der Waals surface area contributed by atoms with E-state index in [-0.39, 0.29) is 6.04 Å². The van der Waals surface area contributed by atoms with Crippen LogP contribution in [0.15, 0.2) is 24.5 Å². The number of benzene rings is 1. The molecule has 6 nitrogen and oxygen atoms in total. The Bertz CT molecular complexity index is 627. The number of methoxy groups -OCH3 is 1. The molecule has 0 saturated carbocycles. The van der Waals surface area contributed by atoms with Gasteiger partial charge in [0, 0.05) is 6.04 Å². The van der Waals surface area contributed by atoms with Gasteiger partial charge in [0.25, 0.3) is 0 Å². The number of ether oxygens (including phenoxy) is 1. The Morgan fingerprint density at radius 2 is 2.25 bits per heavy atom. The second kappa shape index (κ2) is 6.06. The minimum Gasteiger partial charge on any atom is -0.495 e. The number of nitrogens with zero attached hydrogens (tertiary/aromatic N) is 4. The van der Waals surface area contributed by atoms with Crippen molar-refractivity contribution in [2.24, 2.45) is 0 Å². The Kier molecular flexibility index (Phi) is 4.20. The maximum atomic E-state index is 9.16. The first-order chi connectivity index (χ1) is 9.67. The predicted octanol–water partition coefficient (Wildman–Crippen LogP) is 2.35. The molecule has 20 heavy (non-hydrogen) atoms. The van der Waals surface area contributed by atoms with Crippen LogP contribution in [-0.4, -0.2) is 21.9 Å². The van der Waals surface area contributed by atoms with Crippen molar-refractivity contribution in [3.8, 4) is 11.8 Å². The largest absolute Gasteiger partial charge is 0.495 e. The lowest BCUT2D eigenvalue weighted by Crippen LogP contribution is -2.12. The van der Waals surface area contributed by atoms with E-state index in [1.165, 1.54) is 6.33 Å². The summed E-state index contributed by atoms with van der Waals surface area (Å²) in [5.41, 5.74) is 1.22. The molecule has 0 bridgehead atoms. The van der Waals surface area contributed by atoms with Crippen LogP contribution in [0.2, 0.25) is 0 Å². The second-order valence-corrected chi connectivity index (χ2v) is 4.56. The van der Waals surface area contributed by atoms with Crippen LogP contribution >= 0.6 is 0 Å². The van der Waals surface area contributed by atoms with Gasteiger partial charge in [-0.05, 0) is 26.0 Å². The third-order valence-electron chi connectivity index (χ3n) is 2.93. The number of hydrogen-bond acceptors (Lipinski definition) is 5. The van der Waals surface area contributed by atoms with E-state index in [0.717, 1.165) is 5.82 Å². The van der Waals surface area contributed by atoms with Crippen LogP contribution < -0.4 is 10.1 Å². The van der Waals surface area contributed by atoms with E-state index in [1.807, 2.05) is 24.6 Å². The summed E-state index contributed by atoms with van der Waals surface area (Å²) in [6.07, 6.45) is 1.53. The lowest BCUT2D eigenvalue weighted by Gasteiger charge is -2.14. The number of nitrogens with one attached hydrogen (secondary N) is 1. The van der Waals surface area contributed by atoms with E-state index in [4.69, 9.17) is 10.00 Å². The molecule has 0 saturated heterocycles. The van der Waals surface area contributed by atoms with Crippen molar-refractivity contribution in [3.05, 3.63) is 35.9 Å². The molecule has 0 unspecified atom stereocenters. The third kappa shape index (κ3) is 2.72. The summed E-state index contributed by atoms with van der Waals surface area (Å²) in [5, 5.41) is 16.6. The van der Waals surface area contributed by atoms with Gasteiger partial charge < -0.3 is 10.1 Å². The first-order valence-corrected chi connectivity index (χ1v) is 6.36. The molecule has 0 aliphatic carbocycles. The van der Waals surface area contributed by atoms with Gasteiger partial charge in [-0.2, -0.15) is 10.4 Å². The number of nitriles is 1. The number of anilines is 1. The molecule has 2 rings (SSSR count). The van der Waals surface area contributed by atoms with Crippen molar-refractivity contribution in [2.75, 3.05) is 12.4 Å². The van der Waals surface area contributed by atoms with E-state index in [2.05, 4.69) is 21.5 Å². The van der Waals surface area contributed by atoms with E-state index >= 15 is 0 Å². The highest BCUT2D eigenvalue weighted by molar-refractivity contribution is 5.66. The second-order valence-electron chi connectivity index (χ2n) is 4.56. The van der Waals surface area contributed by atoms with Gasteiger partial charge >= 0.3 is 0 Å². The van der Waals surface area contributed by atoms with E-state index in [0.29, 0.717) is 23.5 Å². The Morgan fingerprint density at radius 3 is 2.90 bits per heavy atom. The molecule has 1 heterocycles. The number of hydrogen-bond donors (Lipinski definition) is 1. The molecule has 0 aliphatic rings. The first-order valence-electron chi connectivity index (χ1n) is 6.36. The number of aromatic nitrogens is 3. The third-order valence-corrected chi connectivity index (χ3v) is 2.93. The average Bonchev–Trinajstić information content (AvgIpc) is 2.93. The van der Waals surface area contributed by atoms with Gasteiger partial charge in [-0.15, -0.1) is 0 Å². The van der Waals surface area contributed by atoms with Crippen LogP contribution in [0.5, 0.6) is 5.75 Å². The highest BCUT2D eigenvalue weighted by Gasteiger charge is 2.11. The van der Waals surface area contributed by atoms with Crippen LogP contribution in [0.1, 0.15) is 31.3 Å². The fourth-order valence-corrected chi connectivity index (χ4v) is 1.98. The van der Waals surface area contributed by atoms with Crippen molar-refractivity contribution in [3.63, 3.8) is 0 Å². The summed E-state index contributed by atoms with van der Waals surface area (Å²) in [4.78, 5) is 4.23. The molecule has 0 aliphatic heterocycles. The van der Waals surface area contributed by atoms with Gasteiger partial charge in [0.1, 0.15) is 24.0 Å². The van der Waals surface area contributed by atoms with Crippen molar-refractivity contribution in [2.45, 2.75) is 26.4 Å². The minimum absolute atomic E-state index is 0.238. The Labute approximate surface area is 118 Å². The zero-order valence-corrected chi connectivity index (χ0v) is 11.8. The topological polar surface area (TPSA) is 75.8 Å². The van der Waals surface area contributed by atoms with Crippen molar-refractivity contribution >= 4 is 5.69 Å². The van der Waals surface area contributed by atoms with Gasteiger partial charge in [0.05, 0.1) is 24.9 Å². The standard InChI is InChI=1S/C14H17N5O/c1-10(2)19-13(17-9-18-19)8-16-14-11(7-15)5-4-6-12(14)20-3/h4-6,9-10,16H,8H2,1-3H3. The van der Waals surface area contributed by atoms with Gasteiger partial charge in [-0.25, -0.2) is 9.67 Å². The lowest BCUT2D eigenvalue weighted by molar-refractivity contribution is 0.416. The quantitative estimate of drug-likeness (QED) is 0.903. The molecule has 6 heteroatoms. The summed E-state index contributed by atoms with van der Waals surface area (Å²) >= 11 is 0. The van der Waals surface area contributed by atoms with Crippen LogP contribution in [0.25, 0.3) is 0 Å². The number of rotatable bonds is 5. The summed E-state index contributed by atoms with van der Waals surface area (Å²) in [5.74, 6) is 1.45. The monoisotopic (exact) mass is 271 g/mol. The van der Waals surface area contributed by atoms with Gasteiger partial charge in [0.15, 0.2) is 0 Å². The molecule has 0 amide bonds. The molecule has 1 N–H and O–H groups in total. The zero-order chi connectivity index (χ0) is 14.5. The lowest BCUT2D eigenvalue weighted by atomic mass is 10.2. The maximum absolute atomic E-state index is 9.16. The Morgan fingerprint density at radius 1 is 1.45 bits per heavy atom. The van der Waals surface area contributed by atoms with Crippen LogP contribution in [0, 0.1) is 11.3 Å². The van der Waals surface area contributed by atoms with Crippen molar-refractivity contribution in [1.82, 2.24) is 14.8 Å². The van der Waals surface area contributed by atoms with Gasteiger partial charge in [-0.3, -0.25) is 0 Å². The minimum atomic E-state index is 0.238. The first kappa shape index (κ1) is 13.9. The van der Waals surface area contributed by atoms with E-state index in [1.54, 1.807) is 19.2 Å². The van der Waals surface area contributed by atoms with Crippen molar-refractivity contribution < 1.29 is 4.74 Å². The fraction of sp³-hybridized carbons (Fsp3) is 0.357. The molecule has 2 aromatic rings. The molecule has 0 spiro atoms. The van der Waals surface area contributed by atoms with E-state index < -0.39 is 0 Å². The highest BCUT2D eigenvalue weighted by atomic mass is 16.5. The molecule has 1 aromatic heterocycles. The molecule has 0 atom stereocenters. The normalized spacial score (nSPS) is 10.3. The van der Waals surface area contributed by atoms with Crippen LogP contribution in [0.3, 0.4) is 0 Å².